The van der Waals surface area contributed by atoms with E-state index in [0.717, 1.165) is 5.56 Å². The first-order valence-corrected chi connectivity index (χ1v) is 9.17. The molecule has 0 spiro atoms. The Morgan fingerprint density at radius 1 is 1.30 bits per heavy atom. The molecule has 1 saturated heterocycles. The molecule has 1 aromatic rings. The van der Waals surface area contributed by atoms with Gasteiger partial charge in [0.25, 0.3) is 0 Å². The van der Waals surface area contributed by atoms with E-state index in [1.165, 1.54) is 4.31 Å². The van der Waals surface area contributed by atoms with E-state index in [0.29, 0.717) is 39.1 Å². The van der Waals surface area contributed by atoms with Gasteiger partial charge in [-0.2, -0.15) is 4.31 Å². The molecule has 1 aliphatic rings. The van der Waals surface area contributed by atoms with Crippen LogP contribution in [0.4, 0.5) is 0 Å². The number of carbonyl (C=O) groups is 1. The molecule has 1 heterocycles. The molecule has 1 aromatic carbocycles. The van der Waals surface area contributed by atoms with Crippen molar-refractivity contribution in [1.29, 1.82) is 0 Å². The highest BCUT2D eigenvalue weighted by atomic mass is 32.2. The molecule has 1 aliphatic heterocycles. The van der Waals surface area contributed by atoms with Gasteiger partial charge in [0.15, 0.2) is 0 Å². The van der Waals surface area contributed by atoms with E-state index < -0.39 is 10.0 Å². The van der Waals surface area contributed by atoms with Gasteiger partial charge in [-0.3, -0.25) is 4.79 Å². The second kappa shape index (κ2) is 7.90. The average molecular weight is 341 g/mol. The molecule has 0 amide bonds. The van der Waals surface area contributed by atoms with Crippen molar-refractivity contribution >= 4 is 16.0 Å². The third-order valence-electron chi connectivity index (χ3n) is 3.92. The number of nitrogens with zero attached hydrogens (tertiary/aromatic N) is 1. The monoisotopic (exact) mass is 341 g/mol. The Labute approximate surface area is 137 Å². The number of esters is 1. The van der Waals surface area contributed by atoms with Crippen molar-refractivity contribution in [1.82, 2.24) is 4.31 Å². The molecule has 0 radical (unpaired) electrons. The van der Waals surface area contributed by atoms with Gasteiger partial charge in [-0.1, -0.05) is 12.1 Å². The van der Waals surface area contributed by atoms with Crippen LogP contribution in [0.3, 0.4) is 0 Å². The Morgan fingerprint density at radius 3 is 2.61 bits per heavy atom. The number of methoxy groups -OCH3 is 1. The van der Waals surface area contributed by atoms with Gasteiger partial charge >= 0.3 is 5.97 Å². The van der Waals surface area contributed by atoms with E-state index in [1.54, 1.807) is 32.2 Å². The smallest absolute Gasteiger partial charge is 0.309 e. The summed E-state index contributed by atoms with van der Waals surface area (Å²) in [4.78, 5) is 12.0. The van der Waals surface area contributed by atoms with Gasteiger partial charge in [-0.15, -0.1) is 0 Å². The van der Waals surface area contributed by atoms with Crippen molar-refractivity contribution in [3.63, 3.8) is 0 Å². The fraction of sp³-hybridized carbons (Fsp3) is 0.562. The summed E-state index contributed by atoms with van der Waals surface area (Å²) in [6, 6.07) is 6.77. The predicted molar refractivity (Wildman–Crippen MR) is 85.3 cm³/mol. The molecule has 0 N–H and O–H groups in total. The van der Waals surface area contributed by atoms with Gasteiger partial charge in [-0.05, 0) is 37.5 Å². The Morgan fingerprint density at radius 2 is 2.00 bits per heavy atom. The minimum absolute atomic E-state index is 0.207. The Balaban J connectivity index is 2.07. The summed E-state index contributed by atoms with van der Waals surface area (Å²) in [6.45, 7) is 3.16. The Hall–Kier alpha value is -1.44. The first-order valence-electron chi connectivity index (χ1n) is 7.73. The molecule has 0 aromatic heterocycles. The largest absolute Gasteiger partial charge is 0.466 e. The van der Waals surface area contributed by atoms with Gasteiger partial charge in [0.1, 0.15) is 0 Å². The van der Waals surface area contributed by atoms with Crippen molar-refractivity contribution in [2.24, 2.45) is 5.92 Å². The van der Waals surface area contributed by atoms with E-state index in [2.05, 4.69) is 0 Å². The number of hydrogen-bond donors (Lipinski definition) is 0. The van der Waals surface area contributed by atoms with Crippen LogP contribution in [-0.2, 0) is 30.9 Å². The van der Waals surface area contributed by atoms with Gasteiger partial charge in [0.2, 0.25) is 10.0 Å². The summed E-state index contributed by atoms with van der Waals surface area (Å²) < 4.78 is 36.9. The maximum Gasteiger partial charge on any atom is 0.309 e. The number of sulfonamides is 1. The molecular weight excluding hydrogens is 318 g/mol. The summed E-state index contributed by atoms with van der Waals surface area (Å²) in [5.74, 6) is -0.437. The third-order valence-corrected chi connectivity index (χ3v) is 5.82. The van der Waals surface area contributed by atoms with Crippen LogP contribution in [0.15, 0.2) is 29.2 Å². The summed E-state index contributed by atoms with van der Waals surface area (Å²) in [6.07, 6.45) is 0.992. The number of carbonyl (C=O) groups excluding carboxylic acids is 1. The van der Waals surface area contributed by atoms with Crippen molar-refractivity contribution < 1.29 is 22.7 Å². The minimum Gasteiger partial charge on any atom is -0.466 e. The summed E-state index contributed by atoms with van der Waals surface area (Å²) >= 11 is 0. The SMILES string of the molecule is CCOC(=O)C1CCN(S(=O)(=O)c2cccc(COC)c2)CC1. The van der Waals surface area contributed by atoms with E-state index in [9.17, 15) is 13.2 Å². The fourth-order valence-corrected chi connectivity index (χ4v) is 4.24. The number of hydrogen-bond acceptors (Lipinski definition) is 5. The van der Waals surface area contributed by atoms with Crippen LogP contribution in [-0.4, -0.2) is 45.5 Å². The highest BCUT2D eigenvalue weighted by Crippen LogP contribution is 2.25. The molecule has 6 nitrogen and oxygen atoms in total. The van der Waals surface area contributed by atoms with Gasteiger partial charge in [-0.25, -0.2) is 8.42 Å². The second-order valence-corrected chi connectivity index (χ2v) is 7.45. The molecule has 1 fully saturated rings. The first-order chi connectivity index (χ1) is 11.0. The predicted octanol–water partition coefficient (Wildman–Crippen LogP) is 1.80. The van der Waals surface area contributed by atoms with Crippen molar-refractivity contribution in [2.75, 3.05) is 26.8 Å². The summed E-state index contributed by atoms with van der Waals surface area (Å²) in [5, 5.41) is 0. The number of piperidine rings is 1. The quantitative estimate of drug-likeness (QED) is 0.738. The zero-order chi connectivity index (χ0) is 16.9. The lowest BCUT2D eigenvalue weighted by Gasteiger charge is -2.30. The van der Waals surface area contributed by atoms with E-state index in [1.807, 2.05) is 6.07 Å². The van der Waals surface area contributed by atoms with Crippen LogP contribution in [0.25, 0.3) is 0 Å². The normalized spacial score (nSPS) is 17.1. The van der Waals surface area contributed by atoms with Crippen molar-refractivity contribution in [3.05, 3.63) is 29.8 Å². The molecule has 7 heteroatoms. The average Bonchev–Trinajstić information content (AvgIpc) is 2.56. The van der Waals surface area contributed by atoms with Crippen LogP contribution >= 0.6 is 0 Å². The van der Waals surface area contributed by atoms with Crippen molar-refractivity contribution in [2.45, 2.75) is 31.3 Å². The summed E-state index contributed by atoms with van der Waals surface area (Å²) in [5.41, 5.74) is 0.815. The summed E-state index contributed by atoms with van der Waals surface area (Å²) in [7, 11) is -1.97. The zero-order valence-corrected chi connectivity index (χ0v) is 14.3. The topological polar surface area (TPSA) is 72.9 Å². The van der Waals surface area contributed by atoms with E-state index in [-0.39, 0.29) is 16.8 Å². The second-order valence-electron chi connectivity index (χ2n) is 5.51. The highest BCUT2D eigenvalue weighted by molar-refractivity contribution is 7.89. The molecule has 23 heavy (non-hydrogen) atoms. The molecule has 0 saturated carbocycles. The molecule has 2 rings (SSSR count). The van der Waals surface area contributed by atoms with Crippen LogP contribution in [0.5, 0.6) is 0 Å². The van der Waals surface area contributed by atoms with Gasteiger partial charge in [0.05, 0.1) is 24.0 Å². The zero-order valence-electron chi connectivity index (χ0n) is 13.5. The van der Waals surface area contributed by atoms with Gasteiger partial charge < -0.3 is 9.47 Å². The highest BCUT2D eigenvalue weighted by Gasteiger charge is 2.32. The third kappa shape index (κ3) is 4.31. The molecule has 0 atom stereocenters. The number of benzene rings is 1. The minimum atomic E-state index is -3.54. The van der Waals surface area contributed by atoms with Crippen LogP contribution in [0, 0.1) is 5.92 Å². The number of ether oxygens (including phenoxy) is 2. The maximum absolute atomic E-state index is 12.7. The van der Waals surface area contributed by atoms with Crippen LogP contribution < -0.4 is 0 Å². The Kier molecular flexibility index (Phi) is 6.15. The molecule has 0 unspecified atom stereocenters. The first kappa shape index (κ1) is 17.9. The molecular formula is C16H23NO5S. The molecule has 128 valence electrons. The van der Waals surface area contributed by atoms with E-state index in [4.69, 9.17) is 9.47 Å². The fourth-order valence-electron chi connectivity index (χ4n) is 2.70. The lowest BCUT2D eigenvalue weighted by molar-refractivity contribution is -0.149. The molecule has 0 aliphatic carbocycles. The van der Waals surface area contributed by atoms with E-state index >= 15 is 0 Å². The number of rotatable bonds is 6. The Bertz CT molecular complexity index is 636. The molecule has 0 bridgehead atoms. The van der Waals surface area contributed by atoms with Gasteiger partial charge in [0, 0.05) is 20.2 Å². The van der Waals surface area contributed by atoms with Crippen LogP contribution in [0.2, 0.25) is 0 Å². The standard InChI is InChI=1S/C16H23NO5S/c1-3-22-16(18)14-7-9-17(10-8-14)23(19,20)15-6-4-5-13(11-15)12-21-2/h4-6,11,14H,3,7-10,12H2,1-2H3. The lowest BCUT2D eigenvalue weighted by Crippen LogP contribution is -2.40. The van der Waals surface area contributed by atoms with Crippen molar-refractivity contribution in [3.8, 4) is 0 Å². The maximum atomic E-state index is 12.7. The lowest BCUT2D eigenvalue weighted by atomic mass is 9.98. The van der Waals surface area contributed by atoms with Crippen LogP contribution in [0.1, 0.15) is 25.3 Å².